The molecule has 2 rings (SSSR count). The van der Waals surface area contributed by atoms with Gasteiger partial charge in [-0.15, -0.1) is 10.2 Å². The van der Waals surface area contributed by atoms with Crippen molar-refractivity contribution in [2.24, 2.45) is 0 Å². The van der Waals surface area contributed by atoms with E-state index in [4.69, 9.17) is 11.6 Å². The van der Waals surface area contributed by atoms with Crippen LogP contribution in [0.4, 0.5) is 0 Å². The van der Waals surface area contributed by atoms with E-state index in [1.54, 1.807) is 0 Å². The Hall–Kier alpha value is -0.570. The Labute approximate surface area is 89.5 Å². The summed E-state index contributed by atoms with van der Waals surface area (Å²) in [6.45, 7) is 6.48. The highest BCUT2D eigenvalue weighted by atomic mass is 35.5. The van der Waals surface area contributed by atoms with Crippen molar-refractivity contribution in [3.8, 4) is 0 Å². The molecule has 0 unspecified atom stereocenters. The van der Waals surface area contributed by atoms with Crippen molar-refractivity contribution in [2.45, 2.75) is 51.5 Å². The van der Waals surface area contributed by atoms with Crippen LogP contribution in [0.1, 0.15) is 51.8 Å². The molecule has 1 aliphatic rings. The Bertz CT molecular complexity index is 339. The van der Waals surface area contributed by atoms with Crippen molar-refractivity contribution in [3.05, 3.63) is 11.1 Å². The fourth-order valence-electron chi connectivity index (χ4n) is 2.06. The predicted octanol–water partition coefficient (Wildman–Crippen LogP) is 2.95. The summed E-state index contributed by atoms with van der Waals surface area (Å²) < 4.78 is 2.11. The molecule has 0 aliphatic heterocycles. The van der Waals surface area contributed by atoms with E-state index >= 15 is 0 Å². The average Bonchev–Trinajstić information content (AvgIpc) is 2.43. The smallest absolute Gasteiger partial charge is 0.225 e. The van der Waals surface area contributed by atoms with Gasteiger partial charge in [-0.25, -0.2) is 0 Å². The second-order valence-electron chi connectivity index (χ2n) is 4.67. The molecule has 0 aromatic carbocycles. The number of hydrogen-bond acceptors (Lipinski definition) is 2. The van der Waals surface area contributed by atoms with Crippen molar-refractivity contribution in [2.75, 3.05) is 0 Å². The number of hydrogen-bond donors (Lipinski definition) is 0. The highest BCUT2D eigenvalue weighted by molar-refractivity contribution is 6.28. The first kappa shape index (κ1) is 9.97. The Balaban J connectivity index is 2.44. The minimum absolute atomic E-state index is 0.167. The first-order valence-corrected chi connectivity index (χ1v) is 5.54. The van der Waals surface area contributed by atoms with Crippen molar-refractivity contribution < 1.29 is 0 Å². The van der Waals surface area contributed by atoms with Crippen LogP contribution in [0.25, 0.3) is 0 Å². The van der Waals surface area contributed by atoms with E-state index in [0.717, 1.165) is 5.82 Å². The van der Waals surface area contributed by atoms with E-state index in [1.807, 2.05) is 0 Å². The molecular weight excluding hydrogens is 198 g/mol. The van der Waals surface area contributed by atoms with Crippen LogP contribution in [0, 0.1) is 0 Å². The first-order valence-electron chi connectivity index (χ1n) is 5.16. The van der Waals surface area contributed by atoms with Crippen LogP contribution >= 0.6 is 11.6 Å². The third kappa shape index (κ3) is 1.34. The van der Waals surface area contributed by atoms with E-state index in [1.165, 1.54) is 19.3 Å². The average molecular weight is 214 g/mol. The van der Waals surface area contributed by atoms with Crippen LogP contribution in [0.3, 0.4) is 0 Å². The third-order valence-electron chi connectivity index (χ3n) is 3.14. The lowest BCUT2D eigenvalue weighted by Crippen LogP contribution is -2.38. The van der Waals surface area contributed by atoms with Gasteiger partial charge in [-0.3, -0.25) is 4.57 Å². The molecule has 1 aromatic heterocycles. The maximum absolute atomic E-state index is 6.08. The molecule has 3 nitrogen and oxygen atoms in total. The molecule has 1 saturated carbocycles. The fraction of sp³-hybridized carbons (Fsp3) is 0.800. The van der Waals surface area contributed by atoms with Gasteiger partial charge in [-0.05, 0) is 37.8 Å². The van der Waals surface area contributed by atoms with Crippen LogP contribution in [-0.4, -0.2) is 14.8 Å². The normalized spacial score (nSPS) is 19.8. The highest BCUT2D eigenvalue weighted by Crippen LogP contribution is 2.41. The van der Waals surface area contributed by atoms with Gasteiger partial charge < -0.3 is 0 Å². The van der Waals surface area contributed by atoms with E-state index in [9.17, 15) is 0 Å². The van der Waals surface area contributed by atoms with Gasteiger partial charge in [-0.2, -0.15) is 0 Å². The van der Waals surface area contributed by atoms with Gasteiger partial charge in [0.25, 0.3) is 0 Å². The molecule has 1 fully saturated rings. The second kappa shape index (κ2) is 3.23. The van der Waals surface area contributed by atoms with Crippen LogP contribution in [0.2, 0.25) is 5.28 Å². The Morgan fingerprint density at radius 2 is 2.00 bits per heavy atom. The molecule has 0 amide bonds. The van der Waals surface area contributed by atoms with Crippen molar-refractivity contribution >= 4 is 11.6 Å². The first-order chi connectivity index (χ1) is 6.54. The number of nitrogens with zero attached hydrogens (tertiary/aromatic N) is 3. The maximum Gasteiger partial charge on any atom is 0.225 e. The summed E-state index contributed by atoms with van der Waals surface area (Å²) in [6.07, 6.45) is 3.65. The lowest BCUT2D eigenvalue weighted by molar-refractivity contribution is 0.162. The summed E-state index contributed by atoms with van der Waals surface area (Å²) in [7, 11) is 0. The predicted molar refractivity (Wildman–Crippen MR) is 56.6 cm³/mol. The quantitative estimate of drug-likeness (QED) is 0.756. The molecule has 0 N–H and O–H groups in total. The largest absolute Gasteiger partial charge is 0.296 e. The zero-order valence-corrected chi connectivity index (χ0v) is 9.67. The number of aromatic nitrogens is 3. The van der Waals surface area contributed by atoms with E-state index in [0.29, 0.717) is 11.2 Å². The van der Waals surface area contributed by atoms with Gasteiger partial charge >= 0.3 is 0 Å². The molecule has 0 spiro atoms. The van der Waals surface area contributed by atoms with E-state index in [2.05, 4.69) is 35.5 Å². The number of rotatable bonds is 2. The minimum Gasteiger partial charge on any atom is -0.296 e. The van der Waals surface area contributed by atoms with Crippen LogP contribution in [-0.2, 0) is 5.54 Å². The van der Waals surface area contributed by atoms with Crippen molar-refractivity contribution in [3.63, 3.8) is 0 Å². The summed E-state index contributed by atoms with van der Waals surface area (Å²) in [6, 6.07) is 0. The van der Waals surface area contributed by atoms with Crippen molar-refractivity contribution in [1.82, 2.24) is 14.8 Å². The van der Waals surface area contributed by atoms with Crippen LogP contribution < -0.4 is 0 Å². The van der Waals surface area contributed by atoms with Crippen LogP contribution in [0.15, 0.2) is 0 Å². The minimum atomic E-state index is 0.167. The Kier molecular flexibility index (Phi) is 2.30. The summed E-state index contributed by atoms with van der Waals surface area (Å²) in [4.78, 5) is 0. The molecule has 78 valence electrons. The Morgan fingerprint density at radius 3 is 2.43 bits per heavy atom. The van der Waals surface area contributed by atoms with Gasteiger partial charge in [0.1, 0.15) is 5.82 Å². The molecule has 1 aromatic rings. The third-order valence-corrected chi connectivity index (χ3v) is 3.38. The topological polar surface area (TPSA) is 30.7 Å². The van der Waals surface area contributed by atoms with Gasteiger partial charge in [0.2, 0.25) is 5.28 Å². The highest BCUT2D eigenvalue weighted by Gasteiger charge is 2.37. The molecule has 0 atom stereocenters. The molecule has 1 heterocycles. The van der Waals surface area contributed by atoms with E-state index < -0.39 is 0 Å². The molecular formula is C10H16ClN3. The van der Waals surface area contributed by atoms with Crippen molar-refractivity contribution in [1.29, 1.82) is 0 Å². The second-order valence-corrected chi connectivity index (χ2v) is 5.01. The summed E-state index contributed by atoms with van der Waals surface area (Å²) in [5, 5.41) is 8.65. The molecule has 0 bridgehead atoms. The molecule has 14 heavy (non-hydrogen) atoms. The van der Waals surface area contributed by atoms with E-state index in [-0.39, 0.29) is 5.54 Å². The summed E-state index contributed by atoms with van der Waals surface area (Å²) >= 11 is 6.08. The van der Waals surface area contributed by atoms with Gasteiger partial charge in [0.15, 0.2) is 0 Å². The lowest BCUT2D eigenvalue weighted by Gasteiger charge is -2.41. The molecule has 1 aliphatic carbocycles. The fourth-order valence-corrected chi connectivity index (χ4v) is 2.39. The molecule has 0 radical (unpaired) electrons. The monoisotopic (exact) mass is 213 g/mol. The molecule has 4 heteroatoms. The SMILES string of the molecule is CC(C)c1nnc(Cl)n1C1(C)CCC1. The maximum atomic E-state index is 6.08. The van der Waals surface area contributed by atoms with Gasteiger partial charge in [0, 0.05) is 11.5 Å². The summed E-state index contributed by atoms with van der Waals surface area (Å²) in [5.74, 6) is 1.39. The number of halogens is 1. The van der Waals surface area contributed by atoms with Gasteiger partial charge in [-0.1, -0.05) is 13.8 Å². The summed E-state index contributed by atoms with van der Waals surface area (Å²) in [5.41, 5.74) is 0.167. The van der Waals surface area contributed by atoms with Gasteiger partial charge in [0.05, 0.1) is 0 Å². The standard InChI is InChI=1S/C10H16ClN3/c1-7(2)8-12-13-9(11)14(8)10(3)5-4-6-10/h7H,4-6H2,1-3H3. The van der Waals surface area contributed by atoms with Crippen LogP contribution in [0.5, 0.6) is 0 Å². The zero-order chi connectivity index (χ0) is 10.3. The zero-order valence-electron chi connectivity index (χ0n) is 8.92. The Morgan fingerprint density at radius 1 is 1.36 bits per heavy atom. The lowest BCUT2D eigenvalue weighted by atomic mass is 9.78. The molecule has 0 saturated heterocycles.